The third-order valence-corrected chi connectivity index (χ3v) is 4.65. The number of carbonyl (C=O) groups is 1. The van der Waals surface area contributed by atoms with Gasteiger partial charge in [0.05, 0.1) is 6.04 Å². The highest BCUT2D eigenvalue weighted by atomic mass is 32.2. The molecule has 1 fully saturated rings. The van der Waals surface area contributed by atoms with Crippen LogP contribution in [-0.2, 0) is 9.84 Å². The summed E-state index contributed by atoms with van der Waals surface area (Å²) in [5.74, 6) is -2.82. The number of piperidine rings is 1. The molecule has 2 rings (SSSR count). The topological polar surface area (TPSA) is 66.5 Å². The number of hydrogen-bond acceptors (Lipinski definition) is 3. The molecular weight excluding hydrogens is 350 g/mol. The van der Waals surface area contributed by atoms with Crippen LogP contribution < -0.4 is 5.32 Å². The first-order valence-corrected chi connectivity index (χ1v) is 9.91. The van der Waals surface area contributed by atoms with Gasteiger partial charge in [-0.25, -0.2) is 22.0 Å². The monoisotopic (exact) mass is 372 g/mol. The zero-order valence-corrected chi connectivity index (χ0v) is 15.0. The highest BCUT2D eigenvalue weighted by Gasteiger charge is 2.42. The number of benzene rings is 1. The molecule has 0 saturated carbocycles. The van der Waals surface area contributed by atoms with Crippen LogP contribution in [0.25, 0.3) is 0 Å². The molecule has 1 N–H and O–H groups in total. The molecule has 138 valence electrons. The Bertz CT molecular complexity index is 736. The van der Waals surface area contributed by atoms with Gasteiger partial charge in [-0.15, -0.1) is 0 Å². The van der Waals surface area contributed by atoms with E-state index in [1.165, 1.54) is 11.0 Å². The van der Waals surface area contributed by atoms with Gasteiger partial charge in [0.15, 0.2) is 9.84 Å². The fourth-order valence-corrected chi connectivity index (χ4v) is 3.26. The first-order chi connectivity index (χ1) is 11.6. The molecule has 0 bridgehead atoms. The maximum Gasteiger partial charge on any atom is 0.318 e. The molecule has 2 amide bonds. The van der Waals surface area contributed by atoms with Crippen molar-refractivity contribution in [2.75, 3.05) is 12.8 Å². The fourth-order valence-electron chi connectivity index (χ4n) is 2.74. The zero-order valence-electron chi connectivity index (χ0n) is 14.2. The van der Waals surface area contributed by atoms with E-state index in [1.807, 2.05) is 0 Å². The highest BCUT2D eigenvalue weighted by Crippen LogP contribution is 2.39. The number of nitrogens with one attached hydrogen (secondary N) is 1. The first kappa shape index (κ1) is 19.4. The lowest BCUT2D eigenvalue weighted by Crippen LogP contribution is -2.50. The average molecular weight is 372 g/mol. The van der Waals surface area contributed by atoms with E-state index in [0.29, 0.717) is 5.56 Å². The highest BCUT2D eigenvalue weighted by molar-refractivity contribution is 7.93. The Hall–Kier alpha value is -1.96. The molecule has 25 heavy (non-hydrogen) atoms. The Morgan fingerprint density at radius 2 is 2.00 bits per heavy atom. The zero-order chi connectivity index (χ0) is 18.7. The van der Waals surface area contributed by atoms with Crippen molar-refractivity contribution in [2.24, 2.45) is 0 Å². The molecule has 0 aromatic heterocycles. The lowest BCUT2D eigenvalue weighted by Gasteiger charge is -2.39. The molecule has 1 heterocycles. The number of halogens is 2. The van der Waals surface area contributed by atoms with E-state index < -0.39 is 46.7 Å². The van der Waals surface area contributed by atoms with Crippen molar-refractivity contribution in [3.05, 3.63) is 47.4 Å². The van der Waals surface area contributed by atoms with Gasteiger partial charge in [-0.05, 0) is 12.5 Å². The Morgan fingerprint density at radius 3 is 2.60 bits per heavy atom. The third-order valence-electron chi connectivity index (χ3n) is 4.00. The van der Waals surface area contributed by atoms with Gasteiger partial charge in [0.2, 0.25) is 0 Å². The average Bonchev–Trinajstić information content (AvgIpc) is 2.52. The van der Waals surface area contributed by atoms with Gasteiger partial charge >= 0.3 is 6.03 Å². The normalized spacial score (nSPS) is 21.9. The van der Waals surface area contributed by atoms with Crippen LogP contribution in [0.5, 0.6) is 0 Å². The molecule has 1 saturated heterocycles. The summed E-state index contributed by atoms with van der Waals surface area (Å²) in [4.78, 5) is 13.9. The van der Waals surface area contributed by atoms with E-state index in [9.17, 15) is 22.0 Å². The van der Waals surface area contributed by atoms with Crippen LogP contribution in [0.2, 0.25) is 0 Å². The number of hydrogen-bond donors (Lipinski definition) is 1. The maximum absolute atomic E-state index is 13.9. The maximum atomic E-state index is 13.9. The fraction of sp³-hybridized carbons (Fsp3) is 0.471. The largest absolute Gasteiger partial charge is 0.332 e. The van der Waals surface area contributed by atoms with Crippen molar-refractivity contribution >= 4 is 15.9 Å². The minimum absolute atomic E-state index is 0.0685. The van der Waals surface area contributed by atoms with E-state index in [2.05, 4.69) is 5.32 Å². The van der Waals surface area contributed by atoms with Crippen molar-refractivity contribution in [3.8, 4) is 0 Å². The van der Waals surface area contributed by atoms with Gasteiger partial charge in [0.1, 0.15) is 0 Å². The second-order valence-corrected chi connectivity index (χ2v) is 8.26. The molecule has 0 aliphatic carbocycles. The Morgan fingerprint density at radius 1 is 1.36 bits per heavy atom. The van der Waals surface area contributed by atoms with Gasteiger partial charge in [0, 0.05) is 37.1 Å². The van der Waals surface area contributed by atoms with Crippen molar-refractivity contribution in [3.63, 3.8) is 0 Å². The molecule has 1 aromatic rings. The number of amides is 2. The molecule has 1 aliphatic rings. The summed E-state index contributed by atoms with van der Waals surface area (Å²) in [6.45, 7) is 1.55. The van der Waals surface area contributed by atoms with Gasteiger partial charge in [-0.2, -0.15) is 0 Å². The van der Waals surface area contributed by atoms with Crippen LogP contribution in [0.1, 0.15) is 31.4 Å². The number of likely N-dealkylation sites (tertiary alicyclic amines) is 1. The number of rotatable bonds is 4. The Kier molecular flexibility index (Phi) is 5.82. The molecule has 0 unspecified atom stereocenters. The van der Waals surface area contributed by atoms with Crippen LogP contribution in [-0.4, -0.2) is 44.1 Å². The predicted octanol–water partition coefficient (Wildman–Crippen LogP) is 3.12. The lowest BCUT2D eigenvalue weighted by atomic mass is 9.93. The van der Waals surface area contributed by atoms with E-state index in [4.69, 9.17) is 0 Å². The minimum Gasteiger partial charge on any atom is -0.332 e. The summed E-state index contributed by atoms with van der Waals surface area (Å²) >= 11 is 0. The van der Waals surface area contributed by atoms with Gasteiger partial charge in [0.25, 0.3) is 5.92 Å². The van der Waals surface area contributed by atoms with Crippen LogP contribution in [0, 0.1) is 0 Å². The Labute approximate surface area is 146 Å². The molecule has 0 spiro atoms. The quantitative estimate of drug-likeness (QED) is 0.883. The SMILES string of the molecule is C[C@@H](/C=C/S(C)(=O)=O)NC(=O)N1CCC(F)(F)C[C@@H]1c1ccccc1. The van der Waals surface area contributed by atoms with Crippen molar-refractivity contribution in [1.29, 1.82) is 0 Å². The van der Waals surface area contributed by atoms with Gasteiger partial charge in [-0.1, -0.05) is 36.4 Å². The van der Waals surface area contributed by atoms with Crippen molar-refractivity contribution in [2.45, 2.75) is 37.8 Å². The molecule has 2 atom stereocenters. The molecule has 1 aromatic carbocycles. The van der Waals surface area contributed by atoms with Crippen LogP contribution in [0.15, 0.2) is 41.8 Å². The standard InChI is InChI=1S/C17H22F2N2O3S/c1-13(8-11-25(2,23)24)20-16(22)21-10-9-17(18,19)12-15(21)14-6-4-3-5-7-14/h3-8,11,13,15H,9-10,12H2,1-2H3,(H,20,22)/b11-8+/t13-,15+/m0/s1. The second kappa shape index (κ2) is 7.51. The van der Waals surface area contributed by atoms with Crippen LogP contribution >= 0.6 is 0 Å². The molecule has 5 nitrogen and oxygen atoms in total. The second-order valence-electron chi connectivity index (χ2n) is 6.33. The van der Waals surface area contributed by atoms with Crippen molar-refractivity contribution < 1.29 is 22.0 Å². The molecule has 0 radical (unpaired) electrons. The van der Waals surface area contributed by atoms with Crippen LogP contribution in [0.3, 0.4) is 0 Å². The van der Waals surface area contributed by atoms with Crippen LogP contribution in [0.4, 0.5) is 13.6 Å². The summed E-state index contributed by atoms with van der Waals surface area (Å²) in [6.07, 6.45) is 1.58. The molecular formula is C17H22F2N2O3S. The van der Waals surface area contributed by atoms with E-state index in [-0.39, 0.29) is 6.54 Å². The summed E-state index contributed by atoms with van der Waals surface area (Å²) in [5.41, 5.74) is 0.649. The van der Waals surface area contributed by atoms with Gasteiger partial charge < -0.3 is 10.2 Å². The van der Waals surface area contributed by atoms with E-state index in [0.717, 1.165) is 11.7 Å². The number of sulfone groups is 1. The molecule has 8 heteroatoms. The summed E-state index contributed by atoms with van der Waals surface area (Å²) in [6, 6.07) is 6.96. The minimum atomic E-state index is -3.29. The summed E-state index contributed by atoms with van der Waals surface area (Å²) in [5, 5.41) is 3.65. The number of carbonyl (C=O) groups excluding carboxylic acids is 1. The smallest absolute Gasteiger partial charge is 0.318 e. The summed E-state index contributed by atoms with van der Waals surface area (Å²) < 4.78 is 50.0. The summed E-state index contributed by atoms with van der Waals surface area (Å²) in [7, 11) is -3.29. The van der Waals surface area contributed by atoms with E-state index >= 15 is 0 Å². The van der Waals surface area contributed by atoms with Gasteiger partial charge in [-0.3, -0.25) is 0 Å². The van der Waals surface area contributed by atoms with E-state index in [1.54, 1.807) is 37.3 Å². The number of alkyl halides is 2. The molecule has 1 aliphatic heterocycles. The lowest BCUT2D eigenvalue weighted by molar-refractivity contribution is -0.0682. The third kappa shape index (κ3) is 5.81. The van der Waals surface area contributed by atoms with Crippen molar-refractivity contribution in [1.82, 2.24) is 10.2 Å². The Balaban J connectivity index is 2.14. The number of nitrogens with zero attached hydrogens (tertiary/aromatic N) is 1. The number of urea groups is 1. The predicted molar refractivity (Wildman–Crippen MR) is 92.0 cm³/mol. The first-order valence-electron chi connectivity index (χ1n) is 7.95.